The Kier molecular flexibility index (Phi) is 5.46. The van der Waals surface area contributed by atoms with Gasteiger partial charge in [0, 0.05) is 12.6 Å². The van der Waals surface area contributed by atoms with E-state index in [1.807, 2.05) is 29.2 Å². The molecule has 3 aromatic rings. The average molecular weight is 396 g/mol. The molecule has 1 atom stereocenters. The number of nitrogens with zero attached hydrogens (tertiary/aromatic N) is 2. The highest BCUT2D eigenvalue weighted by atomic mass is 19.1. The molecule has 6 nitrogen and oxygen atoms in total. The molecule has 1 amide bonds. The number of halogens is 1. The summed E-state index contributed by atoms with van der Waals surface area (Å²) in [7, 11) is 1.63. The highest BCUT2D eigenvalue weighted by molar-refractivity contribution is 5.92. The van der Waals surface area contributed by atoms with Gasteiger partial charge in [0.05, 0.1) is 13.2 Å². The first kappa shape index (κ1) is 19.0. The summed E-state index contributed by atoms with van der Waals surface area (Å²) in [5, 5.41) is 3.92. The third-order valence-corrected chi connectivity index (χ3v) is 4.99. The molecule has 0 N–H and O–H groups in total. The van der Waals surface area contributed by atoms with E-state index < -0.39 is 0 Å². The van der Waals surface area contributed by atoms with Crippen molar-refractivity contribution in [2.75, 3.05) is 13.7 Å². The molecule has 1 aromatic heterocycles. The standard InChI is InChI=1S/C22H21FN2O4/c1-27-17-8-4-15(5-9-17)21-3-2-12-25(21)22(26)20-13-19(29-24-20)14-28-18-10-6-16(23)7-11-18/h4-11,13,21H,2-3,12,14H2,1H3. The molecule has 4 rings (SSSR count). The Bertz CT molecular complexity index is 969. The molecule has 150 valence electrons. The van der Waals surface area contributed by atoms with Gasteiger partial charge in [-0.25, -0.2) is 4.39 Å². The van der Waals surface area contributed by atoms with Crippen LogP contribution in [0, 0.1) is 5.82 Å². The van der Waals surface area contributed by atoms with Crippen LogP contribution in [0.3, 0.4) is 0 Å². The maximum Gasteiger partial charge on any atom is 0.276 e. The molecule has 1 aliphatic heterocycles. The molecule has 0 aliphatic carbocycles. The number of hydrogen-bond acceptors (Lipinski definition) is 5. The first-order valence-corrected chi connectivity index (χ1v) is 9.43. The van der Waals surface area contributed by atoms with Crippen molar-refractivity contribution in [1.29, 1.82) is 0 Å². The molecule has 29 heavy (non-hydrogen) atoms. The van der Waals surface area contributed by atoms with Gasteiger partial charge in [-0.3, -0.25) is 4.79 Å². The molecule has 1 aliphatic rings. The Labute approximate surface area is 167 Å². The van der Waals surface area contributed by atoms with E-state index in [1.54, 1.807) is 13.2 Å². The van der Waals surface area contributed by atoms with Crippen molar-refractivity contribution in [2.45, 2.75) is 25.5 Å². The molecule has 1 unspecified atom stereocenters. The SMILES string of the molecule is COc1ccc(C2CCCN2C(=O)c2cc(COc3ccc(F)cc3)on2)cc1. The third-order valence-electron chi connectivity index (χ3n) is 4.99. The Morgan fingerprint density at radius 1 is 1.17 bits per heavy atom. The second-order valence-corrected chi connectivity index (χ2v) is 6.85. The second-order valence-electron chi connectivity index (χ2n) is 6.85. The fourth-order valence-electron chi connectivity index (χ4n) is 3.50. The van der Waals surface area contributed by atoms with Crippen LogP contribution in [0.1, 0.15) is 40.7 Å². The van der Waals surface area contributed by atoms with Gasteiger partial charge in [-0.1, -0.05) is 17.3 Å². The lowest BCUT2D eigenvalue weighted by atomic mass is 10.0. The van der Waals surface area contributed by atoms with Crippen molar-refractivity contribution in [2.24, 2.45) is 0 Å². The molecule has 0 spiro atoms. The number of benzene rings is 2. The highest BCUT2D eigenvalue weighted by Crippen LogP contribution is 2.33. The van der Waals surface area contributed by atoms with E-state index in [4.69, 9.17) is 14.0 Å². The number of aromatic nitrogens is 1. The number of carbonyl (C=O) groups excluding carboxylic acids is 1. The largest absolute Gasteiger partial charge is 0.497 e. The van der Waals surface area contributed by atoms with Crippen LogP contribution in [0.2, 0.25) is 0 Å². The minimum Gasteiger partial charge on any atom is -0.497 e. The Balaban J connectivity index is 1.42. The van der Waals surface area contributed by atoms with Crippen LogP contribution in [-0.2, 0) is 6.61 Å². The lowest BCUT2D eigenvalue weighted by molar-refractivity contribution is 0.0725. The Hall–Kier alpha value is -3.35. The van der Waals surface area contributed by atoms with Crippen molar-refractivity contribution in [1.82, 2.24) is 10.1 Å². The average Bonchev–Trinajstić information content (AvgIpc) is 3.43. The summed E-state index contributed by atoms with van der Waals surface area (Å²) in [6.07, 6.45) is 1.83. The monoisotopic (exact) mass is 396 g/mol. The summed E-state index contributed by atoms with van der Waals surface area (Å²) in [5.41, 5.74) is 1.32. The number of hydrogen-bond donors (Lipinski definition) is 0. The zero-order valence-electron chi connectivity index (χ0n) is 16.0. The minimum atomic E-state index is -0.332. The van der Waals surface area contributed by atoms with E-state index in [0.717, 1.165) is 24.2 Å². The predicted octanol–water partition coefficient (Wildman–Crippen LogP) is 4.38. The summed E-state index contributed by atoms with van der Waals surface area (Å²) in [4.78, 5) is 14.8. The van der Waals surface area contributed by atoms with Gasteiger partial charge >= 0.3 is 0 Å². The van der Waals surface area contributed by atoms with Gasteiger partial charge in [-0.2, -0.15) is 0 Å². The number of carbonyl (C=O) groups is 1. The van der Waals surface area contributed by atoms with Gasteiger partial charge in [-0.05, 0) is 54.8 Å². The molecule has 2 aromatic carbocycles. The minimum absolute atomic E-state index is 0.00372. The molecular formula is C22H21FN2O4. The molecule has 0 radical (unpaired) electrons. The van der Waals surface area contributed by atoms with Crippen molar-refractivity contribution in [3.8, 4) is 11.5 Å². The molecule has 2 heterocycles. The quantitative estimate of drug-likeness (QED) is 0.619. The van der Waals surface area contributed by atoms with E-state index in [0.29, 0.717) is 18.1 Å². The summed E-state index contributed by atoms with van der Waals surface area (Å²) >= 11 is 0. The highest BCUT2D eigenvalue weighted by Gasteiger charge is 2.32. The Morgan fingerprint density at radius 2 is 1.90 bits per heavy atom. The van der Waals surface area contributed by atoms with E-state index in [9.17, 15) is 9.18 Å². The molecule has 7 heteroatoms. The fraction of sp³-hybridized carbons (Fsp3) is 0.273. The zero-order chi connectivity index (χ0) is 20.2. The normalized spacial score (nSPS) is 16.1. The first-order chi connectivity index (χ1) is 14.1. The van der Waals surface area contributed by atoms with E-state index in [2.05, 4.69) is 5.16 Å². The number of ether oxygens (including phenoxy) is 2. The number of likely N-dealkylation sites (tertiary alicyclic amines) is 1. The summed E-state index contributed by atoms with van der Waals surface area (Å²) in [6, 6.07) is 15.1. The second kappa shape index (κ2) is 8.34. The van der Waals surface area contributed by atoms with Gasteiger partial charge in [0.15, 0.2) is 11.5 Å². The summed E-state index contributed by atoms with van der Waals surface area (Å²) in [5.74, 6) is 1.22. The van der Waals surface area contributed by atoms with Crippen molar-refractivity contribution < 1.29 is 23.2 Å². The van der Waals surface area contributed by atoms with Crippen molar-refractivity contribution >= 4 is 5.91 Å². The van der Waals surface area contributed by atoms with Crippen LogP contribution < -0.4 is 9.47 Å². The molecule has 1 saturated heterocycles. The topological polar surface area (TPSA) is 64.8 Å². The van der Waals surface area contributed by atoms with E-state index >= 15 is 0 Å². The van der Waals surface area contributed by atoms with Gasteiger partial charge in [0.1, 0.15) is 23.9 Å². The Morgan fingerprint density at radius 3 is 2.62 bits per heavy atom. The molecule has 1 fully saturated rings. The molecular weight excluding hydrogens is 375 g/mol. The van der Waals surface area contributed by atoms with Crippen LogP contribution >= 0.6 is 0 Å². The van der Waals surface area contributed by atoms with Crippen LogP contribution in [0.4, 0.5) is 4.39 Å². The van der Waals surface area contributed by atoms with Crippen molar-refractivity contribution in [3.05, 3.63) is 77.4 Å². The zero-order valence-corrected chi connectivity index (χ0v) is 16.0. The summed E-state index contributed by atoms with van der Waals surface area (Å²) < 4.78 is 28.9. The summed E-state index contributed by atoms with van der Waals surface area (Å²) in [6.45, 7) is 0.775. The van der Waals surface area contributed by atoms with Gasteiger partial charge in [-0.15, -0.1) is 0 Å². The van der Waals surface area contributed by atoms with Gasteiger partial charge < -0.3 is 18.9 Å². The maximum absolute atomic E-state index is 13.0. The number of amides is 1. The maximum atomic E-state index is 13.0. The van der Waals surface area contributed by atoms with E-state index in [1.165, 1.54) is 24.3 Å². The molecule has 0 saturated carbocycles. The third kappa shape index (κ3) is 4.23. The lowest BCUT2D eigenvalue weighted by Gasteiger charge is -2.24. The lowest BCUT2D eigenvalue weighted by Crippen LogP contribution is -2.30. The number of rotatable bonds is 6. The number of methoxy groups -OCH3 is 1. The van der Waals surface area contributed by atoms with Crippen LogP contribution in [0.5, 0.6) is 11.5 Å². The van der Waals surface area contributed by atoms with Crippen LogP contribution in [0.15, 0.2) is 59.1 Å². The fourth-order valence-corrected chi connectivity index (χ4v) is 3.50. The first-order valence-electron chi connectivity index (χ1n) is 9.43. The van der Waals surface area contributed by atoms with E-state index in [-0.39, 0.29) is 30.1 Å². The van der Waals surface area contributed by atoms with Crippen LogP contribution in [0.25, 0.3) is 0 Å². The predicted molar refractivity (Wildman–Crippen MR) is 103 cm³/mol. The van der Waals surface area contributed by atoms with Gasteiger partial charge in [0.2, 0.25) is 0 Å². The smallest absolute Gasteiger partial charge is 0.276 e. The van der Waals surface area contributed by atoms with Gasteiger partial charge in [0.25, 0.3) is 5.91 Å². The molecule has 0 bridgehead atoms. The van der Waals surface area contributed by atoms with Crippen LogP contribution in [-0.4, -0.2) is 29.6 Å². The van der Waals surface area contributed by atoms with Crippen molar-refractivity contribution in [3.63, 3.8) is 0 Å².